The minimum Gasteiger partial charge on any atom is -0.497 e. The van der Waals surface area contributed by atoms with Crippen LogP contribution in [0.1, 0.15) is 25.5 Å². The highest BCUT2D eigenvalue weighted by Gasteiger charge is 2.15. The number of carbonyl (C=O) groups excluding carboxylic acids is 2. The number of amides is 4. The number of carbonyl (C=O) groups is 2. The summed E-state index contributed by atoms with van der Waals surface area (Å²) >= 11 is 0. The van der Waals surface area contributed by atoms with Crippen LogP contribution in [0, 0.1) is 0 Å². The van der Waals surface area contributed by atoms with E-state index in [9.17, 15) is 9.59 Å². The molecule has 0 unspecified atom stereocenters. The monoisotopic (exact) mass is 593 g/mol. The van der Waals surface area contributed by atoms with Crippen molar-refractivity contribution in [1.82, 2.24) is 19.7 Å². The fraction of sp³-hybridized carbons (Fsp3) is 0.212. The van der Waals surface area contributed by atoms with Crippen molar-refractivity contribution < 1.29 is 19.1 Å². The quantitative estimate of drug-likeness (QED) is 0.156. The van der Waals surface area contributed by atoms with Crippen LogP contribution < -0.4 is 25.4 Å². The number of benzene rings is 3. The molecule has 2 aromatic heterocycles. The van der Waals surface area contributed by atoms with Crippen LogP contribution in [-0.4, -0.2) is 52.9 Å². The number of hydrogen-bond donors (Lipinski definition) is 3. The molecule has 0 fully saturated rings. The first-order chi connectivity index (χ1) is 21.3. The second-order valence-electron chi connectivity index (χ2n) is 10.3. The molecule has 0 aliphatic rings. The molecule has 11 heteroatoms. The maximum absolute atomic E-state index is 13.3. The number of nitrogens with one attached hydrogen (secondary N) is 3. The number of nitrogens with zero attached hydrogens (tertiary/aromatic N) is 4. The predicted molar refractivity (Wildman–Crippen MR) is 172 cm³/mol. The minimum atomic E-state index is -0.407. The summed E-state index contributed by atoms with van der Waals surface area (Å²) in [6.07, 6.45) is 4.41. The van der Waals surface area contributed by atoms with E-state index in [0.717, 1.165) is 47.2 Å². The largest absolute Gasteiger partial charge is 0.497 e. The third-order valence-electron chi connectivity index (χ3n) is 6.84. The van der Waals surface area contributed by atoms with Gasteiger partial charge in [0.1, 0.15) is 28.9 Å². The molecule has 5 rings (SSSR count). The summed E-state index contributed by atoms with van der Waals surface area (Å²) in [7, 11) is 4.92. The first-order valence-corrected chi connectivity index (χ1v) is 14.3. The third-order valence-corrected chi connectivity index (χ3v) is 6.84. The van der Waals surface area contributed by atoms with Crippen molar-refractivity contribution in [1.29, 1.82) is 0 Å². The maximum Gasteiger partial charge on any atom is 0.324 e. The lowest BCUT2D eigenvalue weighted by molar-refractivity contribution is 0.230. The van der Waals surface area contributed by atoms with Crippen LogP contribution in [-0.2, 0) is 6.42 Å². The summed E-state index contributed by atoms with van der Waals surface area (Å²) in [5.74, 6) is 2.74. The second-order valence-corrected chi connectivity index (χ2v) is 10.3. The zero-order valence-corrected chi connectivity index (χ0v) is 25.1. The van der Waals surface area contributed by atoms with Gasteiger partial charge in [-0.1, -0.05) is 37.6 Å². The summed E-state index contributed by atoms with van der Waals surface area (Å²) in [5.41, 5.74) is 2.31. The molecule has 3 aromatic carbocycles. The van der Waals surface area contributed by atoms with Crippen molar-refractivity contribution in [3.63, 3.8) is 0 Å². The Morgan fingerprint density at radius 3 is 2.39 bits per heavy atom. The first kappa shape index (κ1) is 29.9. The van der Waals surface area contributed by atoms with Gasteiger partial charge in [-0.25, -0.2) is 19.3 Å². The number of aromatic nitrogens is 3. The molecule has 11 nitrogen and oxygen atoms in total. The zero-order chi connectivity index (χ0) is 31.1. The molecule has 0 spiro atoms. The van der Waals surface area contributed by atoms with Gasteiger partial charge in [0.25, 0.3) is 0 Å². The van der Waals surface area contributed by atoms with Crippen LogP contribution in [0.4, 0.5) is 26.9 Å². The molecule has 5 aromatic rings. The van der Waals surface area contributed by atoms with Gasteiger partial charge in [0.05, 0.1) is 24.2 Å². The van der Waals surface area contributed by atoms with Crippen molar-refractivity contribution in [3.05, 3.63) is 90.8 Å². The van der Waals surface area contributed by atoms with Crippen LogP contribution in [0.25, 0.3) is 16.5 Å². The number of ether oxygens (including phenoxy) is 2. The number of pyridine rings is 1. The van der Waals surface area contributed by atoms with Crippen LogP contribution in [0.3, 0.4) is 0 Å². The molecule has 0 atom stereocenters. The van der Waals surface area contributed by atoms with Gasteiger partial charge in [0, 0.05) is 43.2 Å². The summed E-state index contributed by atoms with van der Waals surface area (Å²) in [4.78, 5) is 31.0. The highest BCUT2D eigenvalue weighted by Crippen LogP contribution is 2.35. The molecule has 0 saturated heterocycles. The topological polar surface area (TPSA) is 123 Å². The van der Waals surface area contributed by atoms with Crippen LogP contribution >= 0.6 is 0 Å². The lowest BCUT2D eigenvalue weighted by atomic mass is 10.1. The van der Waals surface area contributed by atoms with Crippen molar-refractivity contribution in [2.45, 2.75) is 26.2 Å². The van der Waals surface area contributed by atoms with Gasteiger partial charge in [-0.3, -0.25) is 10.6 Å². The van der Waals surface area contributed by atoms with E-state index in [1.165, 1.54) is 4.90 Å². The van der Waals surface area contributed by atoms with E-state index in [4.69, 9.17) is 14.6 Å². The van der Waals surface area contributed by atoms with E-state index >= 15 is 0 Å². The lowest BCUT2D eigenvalue weighted by Crippen LogP contribution is -2.27. The number of unbranched alkanes of at least 4 members (excludes halogenated alkanes) is 1. The number of anilines is 3. The normalized spacial score (nSPS) is 10.7. The molecule has 0 aliphatic carbocycles. The molecule has 0 aliphatic heterocycles. The Bertz CT molecular complexity index is 1770. The average molecular weight is 594 g/mol. The van der Waals surface area contributed by atoms with Crippen LogP contribution in [0.2, 0.25) is 0 Å². The minimum absolute atomic E-state index is 0.293. The van der Waals surface area contributed by atoms with Gasteiger partial charge < -0.3 is 19.7 Å². The van der Waals surface area contributed by atoms with E-state index in [0.29, 0.717) is 28.8 Å². The average Bonchev–Trinajstić information content (AvgIpc) is 3.43. The van der Waals surface area contributed by atoms with Gasteiger partial charge in [0.2, 0.25) is 0 Å². The van der Waals surface area contributed by atoms with E-state index in [2.05, 4.69) is 27.9 Å². The van der Waals surface area contributed by atoms with Crippen molar-refractivity contribution in [2.75, 3.05) is 37.2 Å². The van der Waals surface area contributed by atoms with Crippen molar-refractivity contribution >= 4 is 40.2 Å². The molecular weight excluding hydrogens is 558 g/mol. The predicted octanol–water partition coefficient (Wildman–Crippen LogP) is 7.30. The lowest BCUT2D eigenvalue weighted by Gasteiger charge is -2.15. The van der Waals surface area contributed by atoms with Gasteiger partial charge in [-0.15, -0.1) is 0 Å². The number of rotatable bonds is 10. The molecule has 0 bridgehead atoms. The highest BCUT2D eigenvalue weighted by molar-refractivity contribution is 6.07. The Hall–Kier alpha value is -5.58. The molecule has 3 N–H and O–H groups in total. The van der Waals surface area contributed by atoms with Gasteiger partial charge in [0.15, 0.2) is 0 Å². The maximum atomic E-state index is 13.3. The molecular formula is C33H35N7O4. The fourth-order valence-corrected chi connectivity index (χ4v) is 4.55. The number of fused-ring (bicyclic) bond motifs is 1. The fourth-order valence-electron chi connectivity index (χ4n) is 4.55. The number of aryl methyl sites for hydroxylation is 1. The molecule has 2 heterocycles. The smallest absolute Gasteiger partial charge is 0.324 e. The Labute approximate surface area is 255 Å². The van der Waals surface area contributed by atoms with Gasteiger partial charge >= 0.3 is 12.1 Å². The van der Waals surface area contributed by atoms with E-state index < -0.39 is 6.03 Å². The molecule has 44 heavy (non-hydrogen) atoms. The van der Waals surface area contributed by atoms with E-state index in [1.54, 1.807) is 56.3 Å². The first-order valence-electron chi connectivity index (χ1n) is 14.3. The Balaban J connectivity index is 1.36. The van der Waals surface area contributed by atoms with Crippen LogP contribution in [0.5, 0.6) is 17.2 Å². The molecule has 0 radical (unpaired) electrons. The molecule has 4 amide bonds. The summed E-state index contributed by atoms with van der Waals surface area (Å²) in [6, 6.07) is 23.3. The zero-order valence-electron chi connectivity index (χ0n) is 25.1. The number of urea groups is 2. The SMILES string of the molecule is CCCCc1cc(NC(=O)Nc2ccc(Oc3ccnc(NC(=O)N(C)C)c3)c3ccccc23)n(-c2ccc(OC)cc2)n1. The van der Waals surface area contributed by atoms with Gasteiger partial charge in [-0.05, 0) is 55.3 Å². The molecule has 226 valence electrons. The Morgan fingerprint density at radius 2 is 1.66 bits per heavy atom. The Morgan fingerprint density at radius 1 is 0.886 bits per heavy atom. The Kier molecular flexibility index (Phi) is 9.24. The second kappa shape index (κ2) is 13.6. The standard InChI is InChI=1S/C33H35N7O4/c1-5-6-9-22-20-31(40(38-22)23-12-14-24(43-4)15-13-23)37-32(41)35-28-16-17-29(27-11-8-7-10-26(27)28)44-25-18-19-34-30(21-25)36-33(42)39(2)3/h7-8,10-21H,5-6,9H2,1-4H3,(H,34,36,42)(H2,35,37,41). The summed E-state index contributed by atoms with van der Waals surface area (Å²) in [5, 5.41) is 15.0. The van der Waals surface area contributed by atoms with Gasteiger partial charge in [-0.2, -0.15) is 5.10 Å². The molecule has 0 saturated carbocycles. The number of methoxy groups -OCH3 is 1. The van der Waals surface area contributed by atoms with Crippen molar-refractivity contribution in [2.24, 2.45) is 0 Å². The van der Waals surface area contributed by atoms with Crippen LogP contribution in [0.15, 0.2) is 85.1 Å². The van der Waals surface area contributed by atoms with E-state index in [1.807, 2.05) is 54.6 Å². The van der Waals surface area contributed by atoms with Crippen molar-refractivity contribution in [3.8, 4) is 22.9 Å². The number of hydrogen-bond acceptors (Lipinski definition) is 6. The summed E-state index contributed by atoms with van der Waals surface area (Å²) < 4.78 is 13.2. The summed E-state index contributed by atoms with van der Waals surface area (Å²) in [6.45, 7) is 2.13. The van der Waals surface area contributed by atoms with E-state index in [-0.39, 0.29) is 6.03 Å². The highest BCUT2D eigenvalue weighted by atomic mass is 16.5. The third kappa shape index (κ3) is 7.06.